The smallest absolute Gasteiger partial charge is 0.0396 e. The summed E-state index contributed by atoms with van der Waals surface area (Å²) in [5.74, 6) is 0. The van der Waals surface area contributed by atoms with Crippen LogP contribution in [0, 0.1) is 0 Å². The van der Waals surface area contributed by atoms with Gasteiger partial charge in [0.2, 0.25) is 0 Å². The lowest BCUT2D eigenvalue weighted by molar-refractivity contribution is 0.443. The molecule has 0 aliphatic carbocycles. The lowest BCUT2D eigenvalue weighted by Crippen LogP contribution is -2.41. The second-order valence-electron chi connectivity index (χ2n) is 3.80. The number of hydrogen-bond acceptors (Lipinski definition) is 3. The van der Waals surface area contributed by atoms with Gasteiger partial charge in [0.15, 0.2) is 0 Å². The molecule has 0 unspecified atom stereocenters. The minimum atomic E-state index is 0.679. The quantitative estimate of drug-likeness (QED) is 0.763. The lowest BCUT2D eigenvalue weighted by atomic mass is 10.1. The van der Waals surface area contributed by atoms with Crippen LogP contribution in [0.15, 0.2) is 24.5 Å². The SMILES string of the molecule is CN(c1ccncc1)C1CCNCC1. The van der Waals surface area contributed by atoms with E-state index in [2.05, 4.69) is 34.4 Å². The Balaban J connectivity index is 2.03. The number of aromatic nitrogens is 1. The summed E-state index contributed by atoms with van der Waals surface area (Å²) < 4.78 is 0. The van der Waals surface area contributed by atoms with Gasteiger partial charge in [0, 0.05) is 31.2 Å². The third-order valence-electron chi connectivity index (χ3n) is 2.93. The van der Waals surface area contributed by atoms with Gasteiger partial charge in [-0.05, 0) is 38.1 Å². The highest BCUT2D eigenvalue weighted by Crippen LogP contribution is 2.18. The molecule has 3 heteroatoms. The van der Waals surface area contributed by atoms with E-state index in [9.17, 15) is 0 Å². The predicted octanol–water partition coefficient (Wildman–Crippen LogP) is 1.27. The van der Waals surface area contributed by atoms with E-state index < -0.39 is 0 Å². The summed E-state index contributed by atoms with van der Waals surface area (Å²) in [5.41, 5.74) is 1.27. The largest absolute Gasteiger partial charge is 0.371 e. The van der Waals surface area contributed by atoms with E-state index in [0.29, 0.717) is 6.04 Å². The third kappa shape index (κ3) is 2.04. The molecule has 0 aromatic carbocycles. The first-order chi connectivity index (χ1) is 6.88. The van der Waals surface area contributed by atoms with Crippen molar-refractivity contribution in [2.45, 2.75) is 18.9 Å². The minimum Gasteiger partial charge on any atom is -0.371 e. The van der Waals surface area contributed by atoms with Gasteiger partial charge < -0.3 is 10.2 Å². The van der Waals surface area contributed by atoms with Gasteiger partial charge in [-0.2, -0.15) is 0 Å². The van der Waals surface area contributed by atoms with Crippen molar-refractivity contribution in [2.75, 3.05) is 25.0 Å². The van der Waals surface area contributed by atoms with E-state index in [1.807, 2.05) is 12.4 Å². The number of piperidine rings is 1. The Morgan fingerprint density at radius 1 is 1.29 bits per heavy atom. The summed E-state index contributed by atoms with van der Waals surface area (Å²) in [6.07, 6.45) is 6.18. The fraction of sp³-hybridized carbons (Fsp3) is 0.545. The van der Waals surface area contributed by atoms with E-state index in [1.54, 1.807) is 0 Å². The van der Waals surface area contributed by atoms with E-state index in [-0.39, 0.29) is 0 Å². The molecule has 1 fully saturated rings. The van der Waals surface area contributed by atoms with Crippen LogP contribution in [0.4, 0.5) is 5.69 Å². The number of nitrogens with one attached hydrogen (secondary N) is 1. The number of hydrogen-bond donors (Lipinski definition) is 1. The fourth-order valence-corrected chi connectivity index (χ4v) is 1.98. The molecule has 0 saturated carbocycles. The van der Waals surface area contributed by atoms with Crippen molar-refractivity contribution >= 4 is 5.69 Å². The molecule has 2 rings (SSSR count). The van der Waals surface area contributed by atoms with Crippen LogP contribution in [0.1, 0.15) is 12.8 Å². The van der Waals surface area contributed by atoms with Crippen LogP contribution in [-0.2, 0) is 0 Å². The number of nitrogens with zero attached hydrogens (tertiary/aromatic N) is 2. The second-order valence-corrected chi connectivity index (χ2v) is 3.80. The minimum absolute atomic E-state index is 0.679. The Kier molecular flexibility index (Phi) is 2.99. The van der Waals surface area contributed by atoms with E-state index in [1.165, 1.54) is 18.5 Å². The van der Waals surface area contributed by atoms with Gasteiger partial charge in [0.05, 0.1) is 0 Å². The van der Waals surface area contributed by atoms with Crippen LogP contribution >= 0.6 is 0 Å². The Morgan fingerprint density at radius 2 is 1.93 bits per heavy atom. The molecule has 0 bridgehead atoms. The highest BCUT2D eigenvalue weighted by atomic mass is 15.1. The topological polar surface area (TPSA) is 28.2 Å². The fourth-order valence-electron chi connectivity index (χ4n) is 1.98. The van der Waals surface area contributed by atoms with Crippen molar-refractivity contribution in [2.24, 2.45) is 0 Å². The van der Waals surface area contributed by atoms with E-state index in [4.69, 9.17) is 0 Å². The van der Waals surface area contributed by atoms with Gasteiger partial charge in [-0.3, -0.25) is 4.98 Å². The zero-order valence-corrected chi connectivity index (χ0v) is 8.61. The monoisotopic (exact) mass is 191 g/mol. The van der Waals surface area contributed by atoms with Crippen LogP contribution < -0.4 is 10.2 Å². The van der Waals surface area contributed by atoms with Crippen molar-refractivity contribution in [1.82, 2.24) is 10.3 Å². The summed E-state index contributed by atoms with van der Waals surface area (Å²) in [6, 6.07) is 4.82. The normalized spacial score (nSPS) is 18.1. The van der Waals surface area contributed by atoms with Gasteiger partial charge in [-0.1, -0.05) is 0 Å². The molecule has 0 atom stereocenters. The van der Waals surface area contributed by atoms with Crippen LogP contribution in [0.2, 0.25) is 0 Å². The highest BCUT2D eigenvalue weighted by Gasteiger charge is 2.17. The predicted molar refractivity (Wildman–Crippen MR) is 58.5 cm³/mol. The summed E-state index contributed by atoms with van der Waals surface area (Å²) in [5, 5.41) is 3.38. The first kappa shape index (κ1) is 9.46. The molecule has 1 aromatic heterocycles. The van der Waals surface area contributed by atoms with Crippen LogP contribution in [0.3, 0.4) is 0 Å². The molecule has 1 aromatic rings. The standard InChI is InChI=1S/C11H17N3/c1-14(10-2-6-12-7-3-10)11-4-8-13-9-5-11/h2-3,6-7,11,13H,4-5,8-9H2,1H3. The van der Waals surface area contributed by atoms with Crippen molar-refractivity contribution in [1.29, 1.82) is 0 Å². The molecule has 1 aliphatic rings. The van der Waals surface area contributed by atoms with Crippen molar-refractivity contribution < 1.29 is 0 Å². The van der Waals surface area contributed by atoms with Gasteiger partial charge in [-0.15, -0.1) is 0 Å². The average Bonchev–Trinajstić information content (AvgIpc) is 2.30. The zero-order chi connectivity index (χ0) is 9.80. The van der Waals surface area contributed by atoms with E-state index >= 15 is 0 Å². The summed E-state index contributed by atoms with van der Waals surface area (Å²) >= 11 is 0. The van der Waals surface area contributed by atoms with Gasteiger partial charge >= 0.3 is 0 Å². The maximum Gasteiger partial charge on any atom is 0.0396 e. The Bertz CT molecular complexity index is 267. The highest BCUT2D eigenvalue weighted by molar-refractivity contribution is 5.44. The maximum absolute atomic E-state index is 4.03. The Morgan fingerprint density at radius 3 is 2.57 bits per heavy atom. The molecule has 14 heavy (non-hydrogen) atoms. The molecule has 1 saturated heterocycles. The first-order valence-corrected chi connectivity index (χ1v) is 5.21. The number of anilines is 1. The molecule has 2 heterocycles. The van der Waals surface area contributed by atoms with Crippen molar-refractivity contribution in [3.63, 3.8) is 0 Å². The van der Waals surface area contributed by atoms with Gasteiger partial charge in [0.25, 0.3) is 0 Å². The molecular weight excluding hydrogens is 174 g/mol. The molecule has 1 aliphatic heterocycles. The van der Waals surface area contributed by atoms with Crippen LogP contribution in [-0.4, -0.2) is 31.2 Å². The maximum atomic E-state index is 4.03. The summed E-state index contributed by atoms with van der Waals surface area (Å²) in [4.78, 5) is 6.40. The molecule has 0 spiro atoms. The summed E-state index contributed by atoms with van der Waals surface area (Å²) in [7, 11) is 2.17. The third-order valence-corrected chi connectivity index (χ3v) is 2.93. The molecule has 1 N–H and O–H groups in total. The van der Waals surface area contributed by atoms with Crippen LogP contribution in [0.5, 0.6) is 0 Å². The number of rotatable bonds is 2. The van der Waals surface area contributed by atoms with Gasteiger partial charge in [-0.25, -0.2) is 0 Å². The van der Waals surface area contributed by atoms with E-state index in [0.717, 1.165) is 13.1 Å². The first-order valence-electron chi connectivity index (χ1n) is 5.21. The zero-order valence-electron chi connectivity index (χ0n) is 8.61. The molecular formula is C11H17N3. The Labute approximate surface area is 85.1 Å². The van der Waals surface area contributed by atoms with Crippen molar-refractivity contribution in [3.8, 4) is 0 Å². The average molecular weight is 191 g/mol. The Hall–Kier alpha value is -1.09. The molecule has 76 valence electrons. The number of pyridine rings is 1. The second kappa shape index (κ2) is 4.42. The molecule has 0 amide bonds. The van der Waals surface area contributed by atoms with Gasteiger partial charge in [0.1, 0.15) is 0 Å². The summed E-state index contributed by atoms with van der Waals surface area (Å²) in [6.45, 7) is 2.28. The molecule has 0 radical (unpaired) electrons. The van der Waals surface area contributed by atoms with Crippen molar-refractivity contribution in [3.05, 3.63) is 24.5 Å². The van der Waals surface area contributed by atoms with Crippen LogP contribution in [0.25, 0.3) is 0 Å². The lowest BCUT2D eigenvalue weighted by Gasteiger charge is -2.33. The molecule has 3 nitrogen and oxygen atoms in total.